The molecule has 5 nitrogen and oxygen atoms in total. The van der Waals surface area contributed by atoms with E-state index in [1.165, 1.54) is 0 Å². The number of allylic oxidation sites excluding steroid dienone is 2. The molecule has 0 radical (unpaired) electrons. The number of ether oxygens (including phenoxy) is 1. The molecule has 0 unspecified atom stereocenters. The Morgan fingerprint density at radius 3 is 2.58 bits per heavy atom. The highest BCUT2D eigenvalue weighted by Crippen LogP contribution is 2.49. The lowest BCUT2D eigenvalue weighted by molar-refractivity contribution is -0.153. The van der Waals surface area contributed by atoms with Crippen LogP contribution in [0.15, 0.2) is 23.8 Å². The molecule has 0 aromatic heterocycles. The van der Waals surface area contributed by atoms with Crippen molar-refractivity contribution < 1.29 is 24.9 Å². The molecular weight excluding hydrogens is 308 g/mol. The van der Waals surface area contributed by atoms with Crippen LogP contribution in [0.2, 0.25) is 0 Å². The van der Waals surface area contributed by atoms with Gasteiger partial charge in [0.15, 0.2) is 0 Å². The van der Waals surface area contributed by atoms with Crippen LogP contribution in [0.4, 0.5) is 0 Å². The van der Waals surface area contributed by atoms with E-state index in [9.17, 15) is 20.1 Å². The van der Waals surface area contributed by atoms with Crippen molar-refractivity contribution in [2.24, 2.45) is 29.6 Å². The molecule has 9 atom stereocenters. The van der Waals surface area contributed by atoms with E-state index >= 15 is 0 Å². The SMILES string of the molecule is C[C@H]1C[C@H]2[C@H](C=C[C@@H]3C[C@H](O)C[C@@H]4C[C@H](O)/C(=C/[C@H]23)C(=O)O4)[C@H]1O. The quantitative estimate of drug-likeness (QED) is 0.457. The van der Waals surface area contributed by atoms with Crippen molar-refractivity contribution in [3.05, 3.63) is 23.8 Å². The van der Waals surface area contributed by atoms with Crippen LogP contribution in [0.1, 0.15) is 32.6 Å². The maximum atomic E-state index is 12.3. The van der Waals surface area contributed by atoms with Gasteiger partial charge in [-0.3, -0.25) is 0 Å². The number of aliphatic hydroxyl groups excluding tert-OH is 3. The van der Waals surface area contributed by atoms with Crippen molar-refractivity contribution in [2.45, 2.75) is 57.0 Å². The Morgan fingerprint density at radius 2 is 1.83 bits per heavy atom. The zero-order valence-electron chi connectivity index (χ0n) is 13.9. The summed E-state index contributed by atoms with van der Waals surface area (Å²) in [5.41, 5.74) is 0.362. The fraction of sp³-hybridized carbons (Fsp3) is 0.737. The van der Waals surface area contributed by atoms with Gasteiger partial charge >= 0.3 is 5.97 Å². The minimum Gasteiger partial charge on any atom is -0.459 e. The molecule has 1 saturated heterocycles. The Labute approximate surface area is 142 Å². The first-order valence-corrected chi connectivity index (χ1v) is 9.09. The molecule has 0 aromatic carbocycles. The molecule has 5 heteroatoms. The number of rotatable bonds is 0. The zero-order chi connectivity index (χ0) is 17.0. The average molecular weight is 334 g/mol. The third kappa shape index (κ3) is 2.63. The largest absolute Gasteiger partial charge is 0.459 e. The van der Waals surface area contributed by atoms with Crippen molar-refractivity contribution in [1.29, 1.82) is 0 Å². The first-order valence-electron chi connectivity index (χ1n) is 9.09. The monoisotopic (exact) mass is 334 g/mol. The van der Waals surface area contributed by atoms with E-state index in [4.69, 9.17) is 4.74 Å². The molecule has 5 rings (SSSR count). The molecule has 2 heterocycles. The lowest BCUT2D eigenvalue weighted by Crippen LogP contribution is -2.41. The maximum absolute atomic E-state index is 12.3. The van der Waals surface area contributed by atoms with Crippen molar-refractivity contribution in [2.75, 3.05) is 0 Å². The van der Waals surface area contributed by atoms with Crippen LogP contribution in [0, 0.1) is 29.6 Å². The molecular formula is C19H26O5. The van der Waals surface area contributed by atoms with Gasteiger partial charge in [0.1, 0.15) is 6.10 Å². The van der Waals surface area contributed by atoms with Gasteiger partial charge in [0.25, 0.3) is 0 Å². The number of hydrogen-bond acceptors (Lipinski definition) is 5. The molecule has 2 bridgehead atoms. The lowest BCUT2D eigenvalue weighted by Gasteiger charge is -2.39. The molecule has 0 aromatic rings. The zero-order valence-corrected chi connectivity index (χ0v) is 13.9. The predicted octanol–water partition coefficient (Wildman–Crippen LogP) is 1.18. The van der Waals surface area contributed by atoms with Gasteiger partial charge in [-0.1, -0.05) is 25.2 Å². The number of aliphatic hydroxyl groups is 3. The average Bonchev–Trinajstić information content (AvgIpc) is 2.79. The minimum absolute atomic E-state index is 0.0427. The fourth-order valence-electron chi connectivity index (χ4n) is 5.25. The second-order valence-electron chi connectivity index (χ2n) is 8.10. The van der Waals surface area contributed by atoms with E-state index in [0.717, 1.165) is 6.42 Å². The maximum Gasteiger partial charge on any atom is 0.336 e. The number of carbonyl (C=O) groups excluding carboxylic acids is 1. The smallest absolute Gasteiger partial charge is 0.336 e. The van der Waals surface area contributed by atoms with Crippen LogP contribution in [0.25, 0.3) is 0 Å². The molecule has 24 heavy (non-hydrogen) atoms. The first-order chi connectivity index (χ1) is 11.4. The summed E-state index contributed by atoms with van der Waals surface area (Å²) in [5, 5.41) is 31.3. The third-order valence-electron chi connectivity index (χ3n) is 6.49. The first kappa shape index (κ1) is 16.3. The predicted molar refractivity (Wildman–Crippen MR) is 86.7 cm³/mol. The number of esters is 1. The van der Waals surface area contributed by atoms with Gasteiger partial charge < -0.3 is 20.1 Å². The van der Waals surface area contributed by atoms with Crippen LogP contribution < -0.4 is 0 Å². The molecule has 1 saturated carbocycles. The summed E-state index contributed by atoms with van der Waals surface area (Å²) in [7, 11) is 0. The highest BCUT2D eigenvalue weighted by atomic mass is 16.5. The van der Waals surface area contributed by atoms with Gasteiger partial charge in [-0.2, -0.15) is 0 Å². The van der Waals surface area contributed by atoms with E-state index in [-0.39, 0.29) is 35.7 Å². The van der Waals surface area contributed by atoms with Crippen LogP contribution in [0.3, 0.4) is 0 Å². The summed E-state index contributed by atoms with van der Waals surface area (Å²) in [5.74, 6) is 0.260. The summed E-state index contributed by atoms with van der Waals surface area (Å²) in [6, 6.07) is 0. The lowest BCUT2D eigenvalue weighted by atomic mass is 9.68. The van der Waals surface area contributed by atoms with Crippen LogP contribution in [-0.4, -0.2) is 45.7 Å². The topological polar surface area (TPSA) is 87.0 Å². The van der Waals surface area contributed by atoms with Gasteiger partial charge in [-0.25, -0.2) is 4.79 Å². The Kier molecular flexibility index (Phi) is 4.06. The van der Waals surface area contributed by atoms with Crippen molar-refractivity contribution >= 4 is 5.97 Å². The minimum atomic E-state index is -0.824. The summed E-state index contributed by atoms with van der Waals surface area (Å²) in [4.78, 5) is 12.3. The van der Waals surface area contributed by atoms with E-state index in [1.54, 1.807) is 0 Å². The van der Waals surface area contributed by atoms with E-state index in [2.05, 4.69) is 19.1 Å². The van der Waals surface area contributed by atoms with Crippen molar-refractivity contribution in [3.63, 3.8) is 0 Å². The Bertz CT molecular complexity index is 582. The number of hydrogen-bond donors (Lipinski definition) is 3. The summed E-state index contributed by atoms with van der Waals surface area (Å²) in [6.45, 7) is 2.06. The van der Waals surface area contributed by atoms with Crippen LogP contribution in [-0.2, 0) is 9.53 Å². The molecule has 0 amide bonds. The Balaban J connectivity index is 1.75. The van der Waals surface area contributed by atoms with Gasteiger partial charge in [0.2, 0.25) is 0 Å². The van der Waals surface area contributed by atoms with Gasteiger partial charge in [-0.05, 0) is 36.5 Å². The van der Waals surface area contributed by atoms with E-state index < -0.39 is 24.3 Å². The molecule has 5 aliphatic rings. The van der Waals surface area contributed by atoms with Crippen molar-refractivity contribution in [1.82, 2.24) is 0 Å². The molecule has 2 fully saturated rings. The summed E-state index contributed by atoms with van der Waals surface area (Å²) in [6.07, 6.45) is 6.18. The highest BCUT2D eigenvalue weighted by Gasteiger charge is 2.47. The Morgan fingerprint density at radius 1 is 1.04 bits per heavy atom. The van der Waals surface area contributed by atoms with E-state index in [0.29, 0.717) is 24.8 Å². The van der Waals surface area contributed by atoms with Gasteiger partial charge in [0.05, 0.1) is 23.9 Å². The molecule has 132 valence electrons. The standard InChI is InChI=1S/C19H26O5/c1-9-4-15-13(18(9)22)3-2-10-5-11(20)6-12-7-17(21)16(8-14(10)15)19(23)24-12/h2-3,8-15,17-18,20-22H,4-7H2,1H3/b16-8-/t9-,10+,11-,12+,13-,14-,15-,17-,18-/m0/s1. The van der Waals surface area contributed by atoms with Gasteiger partial charge in [0, 0.05) is 18.8 Å². The molecule has 3 aliphatic carbocycles. The third-order valence-corrected chi connectivity index (χ3v) is 6.49. The van der Waals surface area contributed by atoms with Crippen molar-refractivity contribution in [3.8, 4) is 0 Å². The van der Waals surface area contributed by atoms with E-state index in [1.807, 2.05) is 6.08 Å². The molecule has 2 aliphatic heterocycles. The molecule has 3 N–H and O–H groups in total. The Hall–Kier alpha value is -1.17. The van der Waals surface area contributed by atoms with Crippen LogP contribution >= 0.6 is 0 Å². The summed E-state index contributed by atoms with van der Waals surface area (Å²) < 4.78 is 5.41. The fourth-order valence-corrected chi connectivity index (χ4v) is 5.25. The molecule has 0 spiro atoms. The normalized spacial score (nSPS) is 52.9. The number of carbonyl (C=O) groups is 1. The second-order valence-corrected chi connectivity index (χ2v) is 8.10. The van der Waals surface area contributed by atoms with Crippen LogP contribution in [0.5, 0.6) is 0 Å². The highest BCUT2D eigenvalue weighted by molar-refractivity contribution is 5.90. The summed E-state index contributed by atoms with van der Waals surface area (Å²) >= 11 is 0. The number of fused-ring (bicyclic) bond motifs is 5. The van der Waals surface area contributed by atoms with Gasteiger partial charge in [-0.15, -0.1) is 0 Å². The second kappa shape index (κ2) is 5.97.